The SMILES string of the molecule is O=C([O-])C(Cl)C(Cl)C(=O)[O-].[Na+].[Na+]. The van der Waals surface area contributed by atoms with Crippen LogP contribution in [0.2, 0.25) is 0 Å². The molecule has 0 N–H and O–H groups in total. The quantitative estimate of drug-likeness (QED) is 0.357. The summed E-state index contributed by atoms with van der Waals surface area (Å²) in [5, 5.41) is 16.1. The molecule has 0 spiro atoms. The Hall–Kier alpha value is 1.52. The zero-order valence-corrected chi connectivity index (χ0v) is 12.1. The Balaban J connectivity index is -0.000000405. The van der Waals surface area contributed by atoms with E-state index in [1.807, 2.05) is 0 Å². The van der Waals surface area contributed by atoms with Gasteiger partial charge in [0, 0.05) is 0 Å². The molecule has 0 radical (unpaired) electrons. The van der Waals surface area contributed by atoms with E-state index in [9.17, 15) is 19.8 Å². The third-order valence-electron chi connectivity index (χ3n) is 0.707. The van der Waals surface area contributed by atoms with Gasteiger partial charge < -0.3 is 19.8 Å². The summed E-state index contributed by atoms with van der Waals surface area (Å²) >= 11 is 9.89. The number of carbonyl (C=O) groups is 2. The normalized spacial score (nSPS) is 13.2. The van der Waals surface area contributed by atoms with Crippen molar-refractivity contribution in [3.63, 3.8) is 0 Å². The first-order valence-electron chi connectivity index (χ1n) is 2.16. The topological polar surface area (TPSA) is 80.3 Å². The van der Waals surface area contributed by atoms with E-state index in [2.05, 4.69) is 0 Å². The van der Waals surface area contributed by atoms with Gasteiger partial charge in [0.25, 0.3) is 0 Å². The molecule has 12 heavy (non-hydrogen) atoms. The Morgan fingerprint density at radius 1 is 0.917 bits per heavy atom. The second-order valence-electron chi connectivity index (χ2n) is 1.44. The van der Waals surface area contributed by atoms with Crippen molar-refractivity contribution in [3.8, 4) is 0 Å². The first-order chi connectivity index (χ1) is 4.46. The van der Waals surface area contributed by atoms with Crippen LogP contribution in [-0.2, 0) is 9.59 Å². The molecule has 4 nitrogen and oxygen atoms in total. The van der Waals surface area contributed by atoms with Crippen molar-refractivity contribution in [2.75, 3.05) is 0 Å². The van der Waals surface area contributed by atoms with Crippen LogP contribution in [0.5, 0.6) is 0 Å². The first-order valence-corrected chi connectivity index (χ1v) is 3.04. The molecule has 0 fully saturated rings. The van der Waals surface area contributed by atoms with Gasteiger partial charge in [-0.3, -0.25) is 0 Å². The summed E-state index contributed by atoms with van der Waals surface area (Å²) in [4.78, 5) is 19.7. The van der Waals surface area contributed by atoms with E-state index in [1.165, 1.54) is 0 Å². The van der Waals surface area contributed by atoms with Crippen molar-refractivity contribution in [2.24, 2.45) is 0 Å². The molecule has 0 saturated carbocycles. The number of aliphatic carboxylic acids is 2. The van der Waals surface area contributed by atoms with Gasteiger partial charge in [-0.1, -0.05) is 0 Å². The average Bonchev–Trinajstić information content (AvgIpc) is 1.84. The molecule has 0 amide bonds. The van der Waals surface area contributed by atoms with E-state index < -0.39 is 22.7 Å². The van der Waals surface area contributed by atoms with Crippen molar-refractivity contribution < 1.29 is 78.9 Å². The Morgan fingerprint density at radius 2 is 1.08 bits per heavy atom. The van der Waals surface area contributed by atoms with Crippen LogP contribution in [0.4, 0.5) is 0 Å². The van der Waals surface area contributed by atoms with E-state index >= 15 is 0 Å². The summed E-state index contributed by atoms with van der Waals surface area (Å²) in [6.45, 7) is 0. The average molecular weight is 231 g/mol. The third kappa shape index (κ3) is 6.97. The van der Waals surface area contributed by atoms with Gasteiger partial charge >= 0.3 is 59.1 Å². The van der Waals surface area contributed by atoms with Crippen LogP contribution in [0.15, 0.2) is 0 Å². The number of hydrogen-bond donors (Lipinski definition) is 0. The Morgan fingerprint density at radius 3 is 1.17 bits per heavy atom. The molecule has 58 valence electrons. The smallest absolute Gasteiger partial charge is 0.548 e. The summed E-state index contributed by atoms with van der Waals surface area (Å²) < 4.78 is 0. The van der Waals surface area contributed by atoms with Gasteiger partial charge in [0.2, 0.25) is 0 Å². The van der Waals surface area contributed by atoms with Crippen molar-refractivity contribution in [1.82, 2.24) is 0 Å². The standard InChI is InChI=1S/C4H4Cl2O4.2Na/c5-1(3(7)8)2(6)4(9)10;;/h1-2H,(H,7,8)(H,9,10);;/q;2*+1/p-2. The van der Waals surface area contributed by atoms with E-state index in [1.54, 1.807) is 0 Å². The van der Waals surface area contributed by atoms with Crippen molar-refractivity contribution >= 4 is 35.1 Å². The van der Waals surface area contributed by atoms with Gasteiger partial charge in [0.1, 0.15) is 0 Å². The van der Waals surface area contributed by atoms with Gasteiger partial charge in [0.05, 0.1) is 22.7 Å². The Kier molecular flexibility index (Phi) is 14.5. The number of carbonyl (C=O) groups excluding carboxylic acids is 2. The summed E-state index contributed by atoms with van der Waals surface area (Å²) in [5.41, 5.74) is 0. The third-order valence-corrected chi connectivity index (χ3v) is 1.70. The molecular weight excluding hydrogens is 229 g/mol. The van der Waals surface area contributed by atoms with Crippen molar-refractivity contribution in [1.29, 1.82) is 0 Å². The maximum absolute atomic E-state index is 9.83. The second-order valence-corrected chi connectivity index (χ2v) is 2.38. The molecule has 0 rings (SSSR count). The fraction of sp³-hybridized carbons (Fsp3) is 0.500. The molecule has 0 saturated heterocycles. The van der Waals surface area contributed by atoms with Crippen LogP contribution in [0.3, 0.4) is 0 Å². The summed E-state index contributed by atoms with van der Waals surface area (Å²) in [5.74, 6) is -3.46. The molecule has 0 aromatic heterocycles. The first kappa shape index (κ1) is 19.1. The fourth-order valence-electron chi connectivity index (χ4n) is 0.239. The predicted octanol–water partition coefficient (Wildman–Crippen LogP) is -8.29. The minimum absolute atomic E-state index is 0. The molecule has 0 aliphatic heterocycles. The van der Waals surface area contributed by atoms with Crippen LogP contribution in [0, 0.1) is 0 Å². The zero-order chi connectivity index (χ0) is 8.31. The number of carboxylic acid groups (broad SMARTS) is 2. The maximum Gasteiger partial charge on any atom is 1.00 e. The molecule has 0 bridgehead atoms. The number of hydrogen-bond acceptors (Lipinski definition) is 4. The largest absolute Gasteiger partial charge is 1.00 e. The number of carboxylic acids is 2. The molecule has 0 aromatic rings. The minimum Gasteiger partial charge on any atom is -0.548 e. The number of rotatable bonds is 3. The molecule has 2 unspecified atom stereocenters. The van der Waals surface area contributed by atoms with Crippen LogP contribution >= 0.6 is 23.2 Å². The van der Waals surface area contributed by atoms with Gasteiger partial charge in [-0.15, -0.1) is 23.2 Å². The van der Waals surface area contributed by atoms with E-state index in [-0.39, 0.29) is 59.1 Å². The van der Waals surface area contributed by atoms with Gasteiger partial charge in [-0.25, -0.2) is 0 Å². The molecule has 0 aliphatic rings. The fourth-order valence-corrected chi connectivity index (χ4v) is 0.445. The summed E-state index contributed by atoms with van der Waals surface area (Å²) in [7, 11) is 0. The van der Waals surface area contributed by atoms with E-state index in [4.69, 9.17) is 23.2 Å². The van der Waals surface area contributed by atoms with Gasteiger partial charge in [0.15, 0.2) is 0 Å². The second kappa shape index (κ2) is 9.09. The molecular formula is C4H2Cl2Na2O4. The van der Waals surface area contributed by atoms with Crippen molar-refractivity contribution in [2.45, 2.75) is 10.8 Å². The monoisotopic (exact) mass is 230 g/mol. The van der Waals surface area contributed by atoms with E-state index in [0.29, 0.717) is 0 Å². The van der Waals surface area contributed by atoms with Crippen LogP contribution in [0.25, 0.3) is 0 Å². The maximum atomic E-state index is 9.83. The van der Waals surface area contributed by atoms with Crippen LogP contribution in [0.1, 0.15) is 0 Å². The minimum atomic E-state index is -1.76. The van der Waals surface area contributed by atoms with Crippen LogP contribution < -0.4 is 69.3 Å². The van der Waals surface area contributed by atoms with Crippen LogP contribution in [-0.4, -0.2) is 22.7 Å². The number of halogens is 2. The molecule has 2 atom stereocenters. The van der Waals surface area contributed by atoms with E-state index in [0.717, 1.165) is 0 Å². The molecule has 0 aromatic carbocycles. The molecule has 8 heteroatoms. The Labute approximate surface area is 123 Å². The Bertz CT molecular complexity index is 147. The summed E-state index contributed by atoms with van der Waals surface area (Å²) in [6.07, 6.45) is 0. The summed E-state index contributed by atoms with van der Waals surface area (Å²) in [6, 6.07) is 0. The van der Waals surface area contributed by atoms with Gasteiger partial charge in [-0.2, -0.15) is 0 Å². The van der Waals surface area contributed by atoms with Crippen molar-refractivity contribution in [3.05, 3.63) is 0 Å². The molecule has 0 aliphatic carbocycles. The van der Waals surface area contributed by atoms with Gasteiger partial charge in [-0.05, 0) is 0 Å². The number of alkyl halides is 2. The zero-order valence-electron chi connectivity index (χ0n) is 6.54. The molecule has 0 heterocycles. The predicted molar refractivity (Wildman–Crippen MR) is 29.3 cm³/mol.